The fourth-order valence-corrected chi connectivity index (χ4v) is 4.47. The Kier molecular flexibility index (Phi) is 4.64. The average Bonchev–Trinajstić information content (AvgIpc) is 3.28. The molecule has 1 aliphatic heterocycles. The summed E-state index contributed by atoms with van der Waals surface area (Å²) in [5.74, 6) is 0.988. The summed E-state index contributed by atoms with van der Waals surface area (Å²) in [7, 11) is 0. The Bertz CT molecular complexity index is 1130. The Labute approximate surface area is 174 Å². The second kappa shape index (κ2) is 7.59. The molecule has 0 unspecified atom stereocenters. The number of hydrogen-bond donors (Lipinski definition) is 1. The van der Waals surface area contributed by atoms with Crippen molar-refractivity contribution in [2.75, 3.05) is 5.32 Å². The van der Waals surface area contributed by atoms with Gasteiger partial charge in [-0.2, -0.15) is 0 Å². The summed E-state index contributed by atoms with van der Waals surface area (Å²) in [4.78, 5) is 14.9. The third-order valence-electron chi connectivity index (χ3n) is 5.99. The molecular weight excluding hydrogens is 374 g/mol. The summed E-state index contributed by atoms with van der Waals surface area (Å²) in [6.07, 6.45) is 7.46. The zero-order valence-electron chi connectivity index (χ0n) is 16.3. The lowest BCUT2D eigenvalue weighted by molar-refractivity contribution is -0.384. The van der Waals surface area contributed by atoms with E-state index in [-0.39, 0.29) is 11.7 Å². The fourth-order valence-electron chi connectivity index (χ4n) is 4.47. The van der Waals surface area contributed by atoms with Crippen molar-refractivity contribution in [2.45, 2.75) is 18.4 Å². The number of benzene rings is 3. The zero-order chi connectivity index (χ0) is 20.5. The molecule has 30 heavy (non-hydrogen) atoms. The number of nitro groups is 1. The van der Waals surface area contributed by atoms with E-state index in [2.05, 4.69) is 58.9 Å². The maximum absolute atomic E-state index is 10.8. The monoisotopic (exact) mass is 395 g/mol. The number of anilines is 1. The number of non-ortho nitro benzene ring substituents is 1. The molecule has 5 heteroatoms. The molecule has 0 saturated carbocycles. The second-order valence-electron chi connectivity index (χ2n) is 7.76. The van der Waals surface area contributed by atoms with E-state index in [1.807, 2.05) is 12.1 Å². The van der Waals surface area contributed by atoms with Crippen LogP contribution in [0.25, 0.3) is 0 Å². The maximum atomic E-state index is 10.8. The first-order chi connectivity index (χ1) is 14.7. The molecule has 0 fully saturated rings. The Morgan fingerprint density at radius 3 is 2.53 bits per heavy atom. The van der Waals surface area contributed by atoms with Crippen molar-refractivity contribution in [1.29, 1.82) is 0 Å². The van der Waals surface area contributed by atoms with Gasteiger partial charge < -0.3 is 5.32 Å². The molecule has 1 aliphatic carbocycles. The highest BCUT2D eigenvalue weighted by atomic mass is 16.6. The van der Waals surface area contributed by atoms with Gasteiger partial charge in [0.25, 0.3) is 5.69 Å². The molecule has 0 saturated heterocycles. The van der Waals surface area contributed by atoms with Crippen molar-refractivity contribution < 1.29 is 4.92 Å². The first kappa shape index (κ1) is 18.3. The van der Waals surface area contributed by atoms with Gasteiger partial charge in [-0.3, -0.25) is 15.1 Å². The summed E-state index contributed by atoms with van der Waals surface area (Å²) in [5.41, 5.74) is 5.63. The molecule has 2 aliphatic rings. The van der Waals surface area contributed by atoms with Gasteiger partial charge in [-0.05, 0) is 59.4 Å². The molecule has 3 aromatic carbocycles. The lowest BCUT2D eigenvalue weighted by atomic mass is 9.77. The van der Waals surface area contributed by atoms with Crippen molar-refractivity contribution in [3.8, 4) is 0 Å². The highest BCUT2D eigenvalue weighted by Gasteiger charge is 2.37. The topological polar surface area (TPSA) is 67.5 Å². The summed E-state index contributed by atoms with van der Waals surface area (Å²) in [5, 5.41) is 14.5. The number of nitro benzene ring substituents is 1. The van der Waals surface area contributed by atoms with E-state index in [1.54, 1.807) is 18.3 Å². The second-order valence-corrected chi connectivity index (χ2v) is 7.76. The van der Waals surface area contributed by atoms with Crippen LogP contribution in [0.1, 0.15) is 35.1 Å². The van der Waals surface area contributed by atoms with Crippen molar-refractivity contribution in [1.82, 2.24) is 0 Å². The standard InChI is InChI=1S/C25H21N3O2/c29-28(30)20-14-8-17(9-15-20)16-26-19-12-10-18(11-13-19)25-23-6-3-5-21(23)22-4-1-2-7-24(22)27-25/h1-5,7-16,21,23,25,27H,6H2/t21-,23-,25-/m0/s1. The Morgan fingerprint density at radius 1 is 1.00 bits per heavy atom. The summed E-state index contributed by atoms with van der Waals surface area (Å²) >= 11 is 0. The van der Waals surface area contributed by atoms with Crippen LogP contribution in [0.5, 0.6) is 0 Å². The molecule has 3 aromatic rings. The fraction of sp³-hybridized carbons (Fsp3) is 0.160. The molecule has 0 bridgehead atoms. The predicted molar refractivity (Wildman–Crippen MR) is 120 cm³/mol. The summed E-state index contributed by atoms with van der Waals surface area (Å²) in [6.45, 7) is 0. The third kappa shape index (κ3) is 3.39. The SMILES string of the molecule is O=[N+]([O-])c1ccc(C=Nc2ccc([C@@H]3Nc4ccccc4[C@@H]4C=CC[C@@H]43)cc2)cc1. The van der Waals surface area contributed by atoms with E-state index in [9.17, 15) is 10.1 Å². The molecule has 0 aromatic heterocycles. The number of aliphatic imine (C=N–C) groups is 1. The van der Waals surface area contributed by atoms with Crippen molar-refractivity contribution in [3.05, 3.63) is 112 Å². The predicted octanol–water partition coefficient (Wildman–Crippen LogP) is 6.17. The Hall–Kier alpha value is -3.73. The minimum atomic E-state index is -0.401. The van der Waals surface area contributed by atoms with Gasteiger partial charge in [0.05, 0.1) is 16.7 Å². The van der Waals surface area contributed by atoms with Crippen LogP contribution in [0.2, 0.25) is 0 Å². The van der Waals surface area contributed by atoms with Gasteiger partial charge in [-0.15, -0.1) is 0 Å². The van der Waals surface area contributed by atoms with E-state index < -0.39 is 4.92 Å². The molecule has 148 valence electrons. The average molecular weight is 395 g/mol. The number of nitrogens with zero attached hydrogens (tertiary/aromatic N) is 2. The number of para-hydroxylation sites is 1. The van der Waals surface area contributed by atoms with Crippen LogP contribution in [0.3, 0.4) is 0 Å². The lowest BCUT2D eigenvalue weighted by Crippen LogP contribution is -2.28. The lowest BCUT2D eigenvalue weighted by Gasteiger charge is -2.37. The smallest absolute Gasteiger partial charge is 0.269 e. The molecule has 0 amide bonds. The molecule has 1 N–H and O–H groups in total. The van der Waals surface area contributed by atoms with E-state index >= 15 is 0 Å². The van der Waals surface area contributed by atoms with Crippen molar-refractivity contribution >= 4 is 23.3 Å². The van der Waals surface area contributed by atoms with Crippen LogP contribution < -0.4 is 5.32 Å². The van der Waals surface area contributed by atoms with Crippen LogP contribution >= 0.6 is 0 Å². The molecule has 5 rings (SSSR count). The van der Waals surface area contributed by atoms with Crippen LogP contribution in [0.4, 0.5) is 17.1 Å². The first-order valence-electron chi connectivity index (χ1n) is 10.1. The molecule has 1 heterocycles. The van der Waals surface area contributed by atoms with Crippen LogP contribution in [0, 0.1) is 16.0 Å². The molecule has 0 spiro atoms. The van der Waals surface area contributed by atoms with Crippen LogP contribution in [-0.4, -0.2) is 11.1 Å². The van der Waals surface area contributed by atoms with Crippen LogP contribution in [0.15, 0.2) is 89.9 Å². The normalized spacial score (nSPS) is 21.8. The third-order valence-corrected chi connectivity index (χ3v) is 5.99. The van der Waals surface area contributed by atoms with Crippen LogP contribution in [-0.2, 0) is 0 Å². The quantitative estimate of drug-likeness (QED) is 0.248. The highest BCUT2D eigenvalue weighted by Crippen LogP contribution is 2.49. The van der Waals surface area contributed by atoms with Gasteiger partial charge in [-0.1, -0.05) is 42.5 Å². The molecule has 5 nitrogen and oxygen atoms in total. The van der Waals surface area contributed by atoms with Crippen molar-refractivity contribution in [3.63, 3.8) is 0 Å². The summed E-state index contributed by atoms with van der Waals surface area (Å²) < 4.78 is 0. The van der Waals surface area contributed by atoms with E-state index in [4.69, 9.17) is 0 Å². The largest absolute Gasteiger partial charge is 0.378 e. The minimum Gasteiger partial charge on any atom is -0.378 e. The van der Waals surface area contributed by atoms with Gasteiger partial charge in [0, 0.05) is 30.0 Å². The van der Waals surface area contributed by atoms with Crippen molar-refractivity contribution in [2.24, 2.45) is 10.9 Å². The zero-order valence-corrected chi connectivity index (χ0v) is 16.3. The molecular formula is C25H21N3O2. The highest BCUT2D eigenvalue weighted by molar-refractivity contribution is 5.82. The molecule has 0 radical (unpaired) electrons. The number of fused-ring (bicyclic) bond motifs is 3. The number of rotatable bonds is 4. The Morgan fingerprint density at radius 2 is 1.77 bits per heavy atom. The number of allylic oxidation sites excluding steroid dienone is 2. The van der Waals surface area contributed by atoms with Gasteiger partial charge in [-0.25, -0.2) is 0 Å². The van der Waals surface area contributed by atoms with Gasteiger partial charge in [0.15, 0.2) is 0 Å². The number of nitrogens with one attached hydrogen (secondary N) is 1. The molecule has 3 atom stereocenters. The Balaban J connectivity index is 1.34. The summed E-state index contributed by atoms with van der Waals surface area (Å²) in [6, 6.07) is 23.6. The maximum Gasteiger partial charge on any atom is 0.269 e. The minimum absolute atomic E-state index is 0.0813. The first-order valence-corrected chi connectivity index (χ1v) is 10.1. The van der Waals surface area contributed by atoms with E-state index in [1.165, 1.54) is 28.9 Å². The van der Waals surface area contributed by atoms with Gasteiger partial charge >= 0.3 is 0 Å². The van der Waals surface area contributed by atoms with Gasteiger partial charge in [0.1, 0.15) is 0 Å². The van der Waals surface area contributed by atoms with E-state index in [0.717, 1.165) is 17.7 Å². The number of hydrogen-bond acceptors (Lipinski definition) is 4. The van der Waals surface area contributed by atoms with E-state index in [0.29, 0.717) is 11.8 Å². The van der Waals surface area contributed by atoms with Gasteiger partial charge in [0.2, 0.25) is 0 Å².